The first-order valence-corrected chi connectivity index (χ1v) is 7.75. The van der Waals surface area contributed by atoms with Gasteiger partial charge >= 0.3 is 0 Å². The van der Waals surface area contributed by atoms with Gasteiger partial charge in [-0.05, 0) is 17.7 Å². The minimum atomic E-state index is -0.302. The number of nitrogens with one attached hydrogen (secondary N) is 1. The topological polar surface area (TPSA) is 95.4 Å². The second kappa shape index (κ2) is 7.29. The van der Waals surface area contributed by atoms with Crippen molar-refractivity contribution >= 4 is 5.78 Å². The zero-order valence-corrected chi connectivity index (χ0v) is 13.7. The van der Waals surface area contributed by atoms with Gasteiger partial charge in [0.15, 0.2) is 0 Å². The Morgan fingerprint density at radius 2 is 1.92 bits per heavy atom. The molecule has 0 radical (unpaired) electrons. The largest absolute Gasteiger partial charge is 0.496 e. The number of ether oxygens (including phenoxy) is 1. The molecule has 25 heavy (non-hydrogen) atoms. The summed E-state index contributed by atoms with van der Waals surface area (Å²) in [7, 11) is 1.45. The lowest BCUT2D eigenvalue weighted by molar-refractivity contribution is 0.103. The van der Waals surface area contributed by atoms with E-state index in [-0.39, 0.29) is 24.7 Å². The summed E-state index contributed by atoms with van der Waals surface area (Å²) >= 11 is 0. The zero-order chi connectivity index (χ0) is 17.8. The van der Waals surface area contributed by atoms with E-state index in [1.165, 1.54) is 7.11 Å². The van der Waals surface area contributed by atoms with Crippen LogP contribution in [0.5, 0.6) is 5.75 Å². The molecule has 0 aliphatic heterocycles. The molecule has 6 nitrogen and oxygen atoms in total. The molecule has 0 amide bonds. The van der Waals surface area contributed by atoms with Crippen LogP contribution in [0, 0.1) is 0 Å². The molecule has 0 aliphatic rings. The van der Waals surface area contributed by atoms with Gasteiger partial charge in [-0.1, -0.05) is 30.3 Å². The number of benzene rings is 2. The van der Waals surface area contributed by atoms with E-state index in [0.717, 1.165) is 5.56 Å². The van der Waals surface area contributed by atoms with Crippen LogP contribution >= 0.6 is 0 Å². The van der Waals surface area contributed by atoms with Crippen LogP contribution in [0.25, 0.3) is 11.4 Å². The van der Waals surface area contributed by atoms with Crippen LogP contribution in [0.1, 0.15) is 27.2 Å². The highest BCUT2D eigenvalue weighted by Gasteiger charge is 2.18. The second-order valence-corrected chi connectivity index (χ2v) is 5.46. The SMILES string of the molecule is COc1cc(C(=O)c2c[nH]c(-c3ccccc3)n2)cc(CO)c1CO. The fourth-order valence-corrected chi connectivity index (χ4v) is 2.67. The van der Waals surface area contributed by atoms with E-state index in [1.54, 1.807) is 18.3 Å². The van der Waals surface area contributed by atoms with Gasteiger partial charge in [0, 0.05) is 22.9 Å². The highest BCUT2D eigenvalue weighted by Crippen LogP contribution is 2.26. The first kappa shape index (κ1) is 16.9. The van der Waals surface area contributed by atoms with Gasteiger partial charge in [0.25, 0.3) is 0 Å². The van der Waals surface area contributed by atoms with Crippen molar-refractivity contribution < 1.29 is 19.7 Å². The molecule has 6 heteroatoms. The van der Waals surface area contributed by atoms with Crippen LogP contribution in [0.15, 0.2) is 48.7 Å². The monoisotopic (exact) mass is 338 g/mol. The molecule has 0 saturated heterocycles. The number of hydrogen-bond donors (Lipinski definition) is 3. The summed E-state index contributed by atoms with van der Waals surface area (Å²) in [5.41, 5.74) is 2.40. The molecule has 3 N–H and O–H groups in total. The number of H-pyrrole nitrogens is 1. The van der Waals surface area contributed by atoms with Crippen molar-refractivity contribution in [1.82, 2.24) is 9.97 Å². The molecule has 1 aromatic heterocycles. The Labute approximate surface area is 144 Å². The van der Waals surface area contributed by atoms with Crippen molar-refractivity contribution in [2.24, 2.45) is 0 Å². The van der Waals surface area contributed by atoms with E-state index >= 15 is 0 Å². The summed E-state index contributed by atoms with van der Waals surface area (Å²) in [5, 5.41) is 18.9. The number of aliphatic hydroxyl groups excluding tert-OH is 2. The molecule has 3 aromatic rings. The third kappa shape index (κ3) is 3.31. The average Bonchev–Trinajstić information content (AvgIpc) is 3.17. The molecule has 0 spiro atoms. The molecule has 128 valence electrons. The van der Waals surface area contributed by atoms with Crippen LogP contribution in [0.3, 0.4) is 0 Å². The first-order chi connectivity index (χ1) is 12.2. The molecule has 0 aliphatic carbocycles. The molecule has 1 heterocycles. The van der Waals surface area contributed by atoms with Crippen LogP contribution in [0.2, 0.25) is 0 Å². The zero-order valence-electron chi connectivity index (χ0n) is 13.7. The summed E-state index contributed by atoms with van der Waals surface area (Å²) in [5.74, 6) is 0.664. The number of aliphatic hydroxyl groups is 2. The fraction of sp³-hybridized carbons (Fsp3) is 0.158. The minimum Gasteiger partial charge on any atom is -0.496 e. The highest BCUT2D eigenvalue weighted by atomic mass is 16.5. The van der Waals surface area contributed by atoms with Crippen LogP contribution in [0.4, 0.5) is 0 Å². The Hall–Kier alpha value is -2.96. The Kier molecular flexibility index (Phi) is 4.92. The van der Waals surface area contributed by atoms with E-state index in [2.05, 4.69) is 9.97 Å². The molecular formula is C19H18N2O4. The fourth-order valence-electron chi connectivity index (χ4n) is 2.67. The number of aromatic amines is 1. The Morgan fingerprint density at radius 3 is 2.56 bits per heavy atom. The van der Waals surface area contributed by atoms with Crippen molar-refractivity contribution in [3.63, 3.8) is 0 Å². The van der Waals surface area contributed by atoms with Crippen molar-refractivity contribution in [3.8, 4) is 17.1 Å². The third-order valence-electron chi connectivity index (χ3n) is 3.97. The second-order valence-electron chi connectivity index (χ2n) is 5.46. The van der Waals surface area contributed by atoms with Gasteiger partial charge < -0.3 is 19.9 Å². The molecule has 0 saturated carbocycles. The standard InChI is InChI=1S/C19H18N2O4/c1-25-17-8-13(7-14(10-22)15(17)11-23)18(24)16-9-20-19(21-16)12-5-3-2-4-6-12/h2-9,22-23H,10-11H2,1H3,(H,20,21). The maximum Gasteiger partial charge on any atom is 0.213 e. The smallest absolute Gasteiger partial charge is 0.213 e. The number of carbonyl (C=O) groups excluding carboxylic acids is 1. The van der Waals surface area contributed by atoms with Gasteiger partial charge in [-0.25, -0.2) is 4.98 Å². The van der Waals surface area contributed by atoms with E-state index in [0.29, 0.717) is 28.3 Å². The van der Waals surface area contributed by atoms with E-state index in [1.807, 2.05) is 30.3 Å². The van der Waals surface area contributed by atoms with E-state index in [9.17, 15) is 15.0 Å². The number of hydrogen-bond acceptors (Lipinski definition) is 5. The third-order valence-corrected chi connectivity index (χ3v) is 3.97. The minimum absolute atomic E-state index is 0.265. The van der Waals surface area contributed by atoms with E-state index in [4.69, 9.17) is 4.74 Å². The summed E-state index contributed by atoms with van der Waals surface area (Å²) in [6.45, 7) is -0.586. The lowest BCUT2D eigenvalue weighted by atomic mass is 10.00. The quantitative estimate of drug-likeness (QED) is 0.600. The molecular weight excluding hydrogens is 320 g/mol. The molecule has 3 rings (SSSR count). The van der Waals surface area contributed by atoms with Crippen LogP contribution in [-0.4, -0.2) is 33.1 Å². The van der Waals surface area contributed by atoms with Gasteiger partial charge in [0.05, 0.1) is 20.3 Å². The lowest BCUT2D eigenvalue weighted by Crippen LogP contribution is -2.07. The molecule has 0 fully saturated rings. The van der Waals surface area contributed by atoms with Gasteiger partial charge in [0.2, 0.25) is 5.78 Å². The summed E-state index contributed by atoms with van der Waals surface area (Å²) < 4.78 is 5.23. The van der Waals surface area contributed by atoms with Crippen molar-refractivity contribution in [1.29, 1.82) is 0 Å². The van der Waals surface area contributed by atoms with Crippen LogP contribution in [-0.2, 0) is 13.2 Å². The lowest BCUT2D eigenvalue weighted by Gasteiger charge is -2.12. The molecule has 0 unspecified atom stereocenters. The predicted octanol–water partition coefficient (Wildman–Crippen LogP) is 2.30. The Bertz CT molecular complexity index is 862. The van der Waals surface area contributed by atoms with Crippen molar-refractivity contribution in [2.75, 3.05) is 7.11 Å². The van der Waals surface area contributed by atoms with Gasteiger partial charge in [-0.15, -0.1) is 0 Å². The molecule has 0 bridgehead atoms. The summed E-state index contributed by atoms with van der Waals surface area (Å²) in [6, 6.07) is 12.6. The number of aromatic nitrogens is 2. The Morgan fingerprint density at radius 1 is 1.16 bits per heavy atom. The summed E-state index contributed by atoms with van der Waals surface area (Å²) in [6.07, 6.45) is 1.55. The highest BCUT2D eigenvalue weighted by molar-refractivity contribution is 6.08. The van der Waals surface area contributed by atoms with Gasteiger partial charge in [0.1, 0.15) is 17.3 Å². The molecule has 2 aromatic carbocycles. The first-order valence-electron chi connectivity index (χ1n) is 7.75. The van der Waals surface area contributed by atoms with E-state index < -0.39 is 0 Å². The van der Waals surface area contributed by atoms with Crippen molar-refractivity contribution in [3.05, 3.63) is 71.0 Å². The molecule has 0 atom stereocenters. The van der Waals surface area contributed by atoms with Crippen LogP contribution < -0.4 is 4.74 Å². The van der Waals surface area contributed by atoms with Gasteiger partial charge in [-0.3, -0.25) is 4.79 Å². The predicted molar refractivity (Wildman–Crippen MR) is 92.3 cm³/mol. The maximum atomic E-state index is 12.7. The maximum absolute atomic E-state index is 12.7. The normalized spacial score (nSPS) is 10.7. The number of ketones is 1. The number of nitrogens with zero attached hydrogens (tertiary/aromatic N) is 1. The number of rotatable bonds is 6. The number of methoxy groups -OCH3 is 1. The Balaban J connectivity index is 1.97. The average molecular weight is 338 g/mol. The summed E-state index contributed by atoms with van der Waals surface area (Å²) in [4.78, 5) is 20.1. The number of imidazole rings is 1. The van der Waals surface area contributed by atoms with Crippen molar-refractivity contribution in [2.45, 2.75) is 13.2 Å². The van der Waals surface area contributed by atoms with Gasteiger partial charge in [-0.2, -0.15) is 0 Å². The number of carbonyl (C=O) groups is 1.